The molecule has 0 bridgehead atoms. The molecule has 31 heavy (non-hydrogen) atoms. The molecule has 0 spiro atoms. The molecular formula is C24H28FN5S. The summed E-state index contributed by atoms with van der Waals surface area (Å²) < 4.78 is 13.3. The molecule has 162 valence electrons. The lowest BCUT2D eigenvalue weighted by Crippen LogP contribution is -2.45. The number of aliphatic imine (C=N–C) groups is 1. The summed E-state index contributed by atoms with van der Waals surface area (Å²) in [5, 5.41) is 7.94. The Morgan fingerprint density at radius 1 is 1.26 bits per heavy atom. The van der Waals surface area contributed by atoms with Gasteiger partial charge < -0.3 is 10.6 Å². The van der Waals surface area contributed by atoms with Crippen molar-refractivity contribution in [2.75, 3.05) is 23.9 Å². The van der Waals surface area contributed by atoms with Crippen LogP contribution in [-0.4, -0.2) is 35.5 Å². The van der Waals surface area contributed by atoms with Gasteiger partial charge in [-0.1, -0.05) is 24.3 Å². The number of fused-ring (bicyclic) bond motifs is 1. The maximum absolute atomic E-state index is 13.3. The smallest absolute Gasteiger partial charge is 0.189 e. The van der Waals surface area contributed by atoms with Gasteiger partial charge in [0.2, 0.25) is 0 Å². The van der Waals surface area contributed by atoms with Crippen molar-refractivity contribution >= 4 is 29.5 Å². The zero-order chi connectivity index (χ0) is 21.8. The Morgan fingerprint density at radius 2 is 2.06 bits per heavy atom. The minimum atomic E-state index is -0.236. The molecule has 2 N–H and O–H groups in total. The van der Waals surface area contributed by atoms with E-state index in [1.807, 2.05) is 24.7 Å². The fraction of sp³-hybridized carbons (Fsp3) is 0.375. The van der Waals surface area contributed by atoms with Gasteiger partial charge in [0, 0.05) is 42.3 Å². The second kappa shape index (κ2) is 9.22. The molecule has 1 aromatic heterocycles. The van der Waals surface area contributed by atoms with E-state index in [-0.39, 0.29) is 17.3 Å². The van der Waals surface area contributed by atoms with Crippen LogP contribution in [0.2, 0.25) is 0 Å². The summed E-state index contributed by atoms with van der Waals surface area (Å²) in [6.07, 6.45) is 12.2. The minimum Gasteiger partial charge on any atom is -0.366 e. The number of anilines is 2. The van der Waals surface area contributed by atoms with Gasteiger partial charge in [-0.3, -0.25) is 4.99 Å². The lowest BCUT2D eigenvalue weighted by Gasteiger charge is -2.47. The molecule has 1 fully saturated rings. The summed E-state index contributed by atoms with van der Waals surface area (Å²) in [6, 6.07) is 8.68. The summed E-state index contributed by atoms with van der Waals surface area (Å²) in [7, 11) is 1.80. The molecule has 2 atom stereocenters. The van der Waals surface area contributed by atoms with Gasteiger partial charge in [0.1, 0.15) is 11.6 Å². The van der Waals surface area contributed by atoms with E-state index in [1.54, 1.807) is 30.9 Å². The summed E-state index contributed by atoms with van der Waals surface area (Å²) in [4.78, 5) is 13.2. The average molecular weight is 438 g/mol. The second-order valence-corrected chi connectivity index (χ2v) is 9.01. The molecule has 0 saturated heterocycles. The molecule has 0 amide bonds. The van der Waals surface area contributed by atoms with Crippen LogP contribution in [0, 0.1) is 11.2 Å². The first-order chi connectivity index (χ1) is 15.0. The number of halogens is 1. The van der Waals surface area contributed by atoms with Crippen molar-refractivity contribution in [3.05, 3.63) is 65.3 Å². The van der Waals surface area contributed by atoms with Crippen molar-refractivity contribution in [3.63, 3.8) is 0 Å². The fourth-order valence-corrected chi connectivity index (χ4v) is 4.92. The Balaban J connectivity index is 1.63. The van der Waals surface area contributed by atoms with Crippen LogP contribution in [-0.2, 0) is 0 Å². The summed E-state index contributed by atoms with van der Waals surface area (Å²) in [5.74, 6) is 0.636. The minimum absolute atomic E-state index is 0.0345. The van der Waals surface area contributed by atoms with Crippen LogP contribution in [0.25, 0.3) is 0 Å². The first-order valence-corrected chi connectivity index (χ1v) is 11.8. The molecule has 2 aliphatic rings. The molecule has 0 aliphatic heterocycles. The van der Waals surface area contributed by atoms with Crippen LogP contribution in [0.15, 0.2) is 69.6 Å². The molecule has 1 heterocycles. The monoisotopic (exact) mass is 437 g/mol. The highest BCUT2D eigenvalue weighted by atomic mass is 32.2. The van der Waals surface area contributed by atoms with Crippen molar-refractivity contribution in [2.24, 2.45) is 10.4 Å². The van der Waals surface area contributed by atoms with Gasteiger partial charge in [-0.15, -0.1) is 0 Å². The Bertz CT molecular complexity index is 1030. The van der Waals surface area contributed by atoms with Gasteiger partial charge in [0.25, 0.3) is 0 Å². The average Bonchev–Trinajstić information content (AvgIpc) is 2.77. The van der Waals surface area contributed by atoms with Crippen LogP contribution >= 0.6 is 11.8 Å². The highest BCUT2D eigenvalue weighted by Gasteiger charge is 2.43. The van der Waals surface area contributed by atoms with Gasteiger partial charge in [-0.05, 0) is 73.9 Å². The summed E-state index contributed by atoms with van der Waals surface area (Å²) in [5.41, 5.74) is 4.45. The molecule has 1 saturated carbocycles. The van der Waals surface area contributed by atoms with E-state index < -0.39 is 0 Å². The number of aromatic nitrogens is 2. The maximum Gasteiger partial charge on any atom is 0.189 e. The predicted octanol–water partition coefficient (Wildman–Crippen LogP) is 5.71. The SMILES string of the molecule is C/N=C\C1=C(Nc2ccc(F)cc2)C=C2CCCC(Nc3ccnc(SC)n3)[C@@]2(C)C1. The third-order valence-corrected chi connectivity index (χ3v) is 6.77. The third kappa shape index (κ3) is 4.66. The Labute approximate surface area is 187 Å². The zero-order valence-electron chi connectivity index (χ0n) is 18.2. The molecule has 1 unspecified atom stereocenters. The molecule has 4 rings (SSSR count). The standard InChI is InChI=1S/C24H28FN5S/c1-24-14-16(15-26-2)20(28-19-9-7-18(25)8-10-19)13-17(24)5-4-6-21(24)29-22-11-12-27-23(30-22)31-3/h7-13,15,21,28H,4-6,14H2,1-3H3,(H,27,29,30)/b26-15-/t21?,24-/m0/s1. The number of benzene rings is 1. The van der Waals surface area contributed by atoms with Gasteiger partial charge >= 0.3 is 0 Å². The maximum atomic E-state index is 13.3. The van der Waals surface area contributed by atoms with Crippen LogP contribution in [0.3, 0.4) is 0 Å². The normalized spacial score (nSPS) is 23.5. The Kier molecular flexibility index (Phi) is 6.41. The third-order valence-electron chi connectivity index (χ3n) is 6.21. The summed E-state index contributed by atoms with van der Waals surface area (Å²) >= 11 is 1.55. The van der Waals surface area contributed by atoms with Crippen molar-refractivity contribution in [1.82, 2.24) is 9.97 Å². The quantitative estimate of drug-likeness (QED) is 0.345. The lowest BCUT2D eigenvalue weighted by atomic mass is 9.62. The molecule has 1 aromatic carbocycles. The van der Waals surface area contributed by atoms with E-state index in [2.05, 4.69) is 38.6 Å². The van der Waals surface area contributed by atoms with Crippen molar-refractivity contribution in [3.8, 4) is 0 Å². The fourth-order valence-electron chi connectivity index (χ4n) is 4.56. The number of thioether (sulfide) groups is 1. The highest BCUT2D eigenvalue weighted by Crippen LogP contribution is 2.49. The highest BCUT2D eigenvalue weighted by molar-refractivity contribution is 7.98. The van der Waals surface area contributed by atoms with E-state index in [0.29, 0.717) is 0 Å². The van der Waals surface area contributed by atoms with E-state index >= 15 is 0 Å². The summed E-state index contributed by atoms with van der Waals surface area (Å²) in [6.45, 7) is 2.34. The van der Waals surface area contributed by atoms with Crippen LogP contribution in [0.5, 0.6) is 0 Å². The first-order valence-electron chi connectivity index (χ1n) is 10.5. The molecule has 2 aliphatic carbocycles. The largest absolute Gasteiger partial charge is 0.366 e. The number of nitrogens with zero attached hydrogens (tertiary/aromatic N) is 3. The van der Waals surface area contributed by atoms with Gasteiger partial charge in [0.15, 0.2) is 5.16 Å². The number of hydrogen-bond donors (Lipinski definition) is 2. The molecule has 2 aromatic rings. The molecule has 5 nitrogen and oxygen atoms in total. The topological polar surface area (TPSA) is 62.2 Å². The number of nitrogens with one attached hydrogen (secondary N) is 2. The van der Waals surface area contributed by atoms with Crippen molar-refractivity contribution in [2.45, 2.75) is 43.8 Å². The van der Waals surface area contributed by atoms with Gasteiger partial charge in [-0.2, -0.15) is 0 Å². The van der Waals surface area contributed by atoms with Crippen molar-refractivity contribution in [1.29, 1.82) is 0 Å². The van der Waals surface area contributed by atoms with Crippen LogP contribution in [0.4, 0.5) is 15.9 Å². The number of allylic oxidation sites excluding steroid dienone is 2. The van der Waals surface area contributed by atoms with E-state index in [9.17, 15) is 4.39 Å². The van der Waals surface area contributed by atoms with E-state index in [0.717, 1.165) is 53.6 Å². The Morgan fingerprint density at radius 3 is 2.81 bits per heavy atom. The van der Waals surface area contributed by atoms with Gasteiger partial charge in [0.05, 0.1) is 0 Å². The second-order valence-electron chi connectivity index (χ2n) is 8.24. The van der Waals surface area contributed by atoms with E-state index in [4.69, 9.17) is 0 Å². The first kappa shape index (κ1) is 21.6. The Hall–Kier alpha value is -2.67. The molecular weight excluding hydrogens is 409 g/mol. The zero-order valence-corrected chi connectivity index (χ0v) is 19.0. The van der Waals surface area contributed by atoms with Crippen molar-refractivity contribution < 1.29 is 4.39 Å². The number of hydrogen-bond acceptors (Lipinski definition) is 6. The van der Waals surface area contributed by atoms with Crippen LogP contribution in [0.1, 0.15) is 32.6 Å². The molecule has 0 radical (unpaired) electrons. The van der Waals surface area contributed by atoms with Crippen LogP contribution < -0.4 is 10.6 Å². The predicted molar refractivity (Wildman–Crippen MR) is 127 cm³/mol. The molecule has 7 heteroatoms. The van der Waals surface area contributed by atoms with Gasteiger partial charge in [-0.25, -0.2) is 14.4 Å². The lowest BCUT2D eigenvalue weighted by molar-refractivity contribution is 0.267. The van der Waals surface area contributed by atoms with E-state index in [1.165, 1.54) is 17.7 Å². The number of rotatable bonds is 6.